The van der Waals surface area contributed by atoms with Gasteiger partial charge < -0.3 is 10.6 Å². The van der Waals surface area contributed by atoms with Crippen molar-refractivity contribution in [1.29, 1.82) is 10.5 Å². The largest absolute Gasteiger partial charge is 0.330 e. The zero-order chi connectivity index (χ0) is 12.0. The lowest BCUT2D eigenvalue weighted by Crippen LogP contribution is -2.24. The molecule has 1 aromatic rings. The zero-order valence-corrected chi connectivity index (χ0v) is 9.09. The van der Waals surface area contributed by atoms with Crippen molar-refractivity contribution in [3.05, 3.63) is 23.9 Å². The number of pyridine rings is 1. The summed E-state index contributed by atoms with van der Waals surface area (Å²) in [5.74, 6) is 0.618. The minimum absolute atomic E-state index is 0.0677. The number of nitrogens with zero attached hydrogens (tertiary/aromatic N) is 4. The monoisotopic (exact) mass is 215 g/mol. The van der Waals surface area contributed by atoms with Gasteiger partial charge in [0.25, 0.3) is 0 Å². The highest BCUT2D eigenvalue weighted by Crippen LogP contribution is 2.14. The van der Waals surface area contributed by atoms with E-state index < -0.39 is 0 Å². The Balaban J connectivity index is 2.86. The summed E-state index contributed by atoms with van der Waals surface area (Å²) < 4.78 is 0. The molecule has 0 aliphatic carbocycles. The molecule has 0 radical (unpaired) electrons. The van der Waals surface area contributed by atoms with Gasteiger partial charge in [-0.05, 0) is 18.6 Å². The number of aromatic nitrogens is 1. The van der Waals surface area contributed by atoms with Crippen LogP contribution in [0.1, 0.15) is 18.5 Å². The van der Waals surface area contributed by atoms with Crippen molar-refractivity contribution >= 4 is 5.82 Å². The molecule has 0 amide bonds. The molecule has 1 unspecified atom stereocenters. The van der Waals surface area contributed by atoms with E-state index in [2.05, 4.69) is 4.98 Å². The van der Waals surface area contributed by atoms with Crippen LogP contribution in [0, 0.1) is 22.7 Å². The van der Waals surface area contributed by atoms with E-state index in [1.165, 1.54) is 0 Å². The first-order valence-electron chi connectivity index (χ1n) is 4.89. The fourth-order valence-corrected chi connectivity index (χ4v) is 1.24. The van der Waals surface area contributed by atoms with E-state index >= 15 is 0 Å². The topological polar surface area (TPSA) is 89.7 Å². The Bertz CT molecular complexity index is 393. The minimum Gasteiger partial charge on any atom is -0.330 e. The third kappa shape index (κ3) is 2.94. The van der Waals surface area contributed by atoms with Crippen LogP contribution in [-0.4, -0.2) is 18.1 Å². The van der Waals surface area contributed by atoms with E-state index in [4.69, 9.17) is 16.3 Å². The molecule has 0 aliphatic rings. The molecule has 0 saturated heterocycles. The summed E-state index contributed by atoms with van der Waals surface area (Å²) in [4.78, 5) is 5.78. The van der Waals surface area contributed by atoms with Crippen LogP contribution in [0.4, 0.5) is 5.82 Å². The van der Waals surface area contributed by atoms with Crippen LogP contribution in [0.25, 0.3) is 0 Å². The summed E-state index contributed by atoms with van der Waals surface area (Å²) in [5, 5.41) is 17.2. The molecule has 0 bridgehead atoms. The molecule has 0 saturated carbocycles. The van der Waals surface area contributed by atoms with Gasteiger partial charge >= 0.3 is 0 Å². The fraction of sp³-hybridized carbons (Fsp3) is 0.364. The maximum Gasteiger partial charge on any atom is 0.130 e. The second-order valence-electron chi connectivity index (χ2n) is 3.41. The van der Waals surface area contributed by atoms with Crippen molar-refractivity contribution in [3.63, 3.8) is 0 Å². The second-order valence-corrected chi connectivity index (χ2v) is 3.41. The van der Waals surface area contributed by atoms with Crippen molar-refractivity contribution in [2.75, 3.05) is 18.0 Å². The summed E-state index contributed by atoms with van der Waals surface area (Å²) in [7, 11) is 0. The van der Waals surface area contributed by atoms with Crippen LogP contribution in [-0.2, 0) is 0 Å². The third-order valence-corrected chi connectivity index (χ3v) is 2.14. The van der Waals surface area contributed by atoms with E-state index in [-0.39, 0.29) is 19.1 Å². The third-order valence-electron chi connectivity index (χ3n) is 2.14. The molecule has 0 aromatic carbocycles. The van der Waals surface area contributed by atoms with Crippen LogP contribution >= 0.6 is 0 Å². The molecule has 5 nitrogen and oxygen atoms in total. The fourth-order valence-electron chi connectivity index (χ4n) is 1.24. The van der Waals surface area contributed by atoms with Crippen LogP contribution in [0.2, 0.25) is 0 Å². The molecule has 5 heteroatoms. The number of hydrogen-bond acceptors (Lipinski definition) is 5. The number of anilines is 1. The normalized spacial score (nSPS) is 11.2. The van der Waals surface area contributed by atoms with Gasteiger partial charge in [0.2, 0.25) is 0 Å². The van der Waals surface area contributed by atoms with Crippen molar-refractivity contribution in [2.24, 2.45) is 5.73 Å². The standard InChI is InChI=1S/C11H13N5/c1-9(14)10-2-3-11(15-8-10)16(6-4-12)7-5-13/h2-3,8-9H,6-7,14H2,1H3. The van der Waals surface area contributed by atoms with Crippen LogP contribution in [0.15, 0.2) is 18.3 Å². The van der Waals surface area contributed by atoms with Gasteiger partial charge in [0.05, 0.1) is 12.1 Å². The lowest BCUT2D eigenvalue weighted by Gasteiger charge is -2.17. The van der Waals surface area contributed by atoms with Crippen molar-refractivity contribution in [1.82, 2.24) is 4.98 Å². The van der Waals surface area contributed by atoms with E-state index in [9.17, 15) is 0 Å². The molecule has 0 aliphatic heterocycles. The average Bonchev–Trinajstić information content (AvgIpc) is 2.29. The first-order valence-corrected chi connectivity index (χ1v) is 4.89. The van der Waals surface area contributed by atoms with Crippen LogP contribution < -0.4 is 10.6 Å². The van der Waals surface area contributed by atoms with Gasteiger partial charge in [-0.15, -0.1) is 0 Å². The Morgan fingerprint density at radius 3 is 2.38 bits per heavy atom. The SMILES string of the molecule is CC(N)c1ccc(N(CC#N)CC#N)nc1. The van der Waals surface area contributed by atoms with Gasteiger partial charge in [0, 0.05) is 12.2 Å². The van der Waals surface area contributed by atoms with Gasteiger partial charge in [0.15, 0.2) is 0 Å². The Hall–Kier alpha value is -2.11. The maximum atomic E-state index is 8.62. The molecular formula is C11H13N5. The first-order chi connectivity index (χ1) is 7.69. The van der Waals surface area contributed by atoms with E-state index in [0.717, 1.165) is 5.56 Å². The Morgan fingerprint density at radius 1 is 1.38 bits per heavy atom. The lowest BCUT2D eigenvalue weighted by atomic mass is 10.1. The number of nitriles is 2. The van der Waals surface area contributed by atoms with Crippen molar-refractivity contribution in [3.8, 4) is 12.1 Å². The molecule has 1 aromatic heterocycles. The molecular weight excluding hydrogens is 202 g/mol. The summed E-state index contributed by atoms with van der Waals surface area (Å²) in [6.45, 7) is 2.18. The number of nitrogens with two attached hydrogens (primary N) is 1. The molecule has 0 fully saturated rings. The van der Waals surface area contributed by atoms with Gasteiger partial charge in [-0.1, -0.05) is 6.07 Å². The summed E-state index contributed by atoms with van der Waals surface area (Å²) >= 11 is 0. The predicted molar refractivity (Wildman–Crippen MR) is 60.3 cm³/mol. The van der Waals surface area contributed by atoms with Gasteiger partial charge in [-0.25, -0.2) is 4.98 Å². The van der Waals surface area contributed by atoms with E-state index in [1.807, 2.05) is 25.1 Å². The van der Waals surface area contributed by atoms with Crippen LogP contribution in [0.3, 0.4) is 0 Å². The minimum atomic E-state index is -0.0677. The van der Waals surface area contributed by atoms with Gasteiger partial charge in [0.1, 0.15) is 18.9 Å². The highest BCUT2D eigenvalue weighted by Gasteiger charge is 2.07. The number of rotatable bonds is 4. The smallest absolute Gasteiger partial charge is 0.130 e. The zero-order valence-electron chi connectivity index (χ0n) is 9.09. The van der Waals surface area contributed by atoms with E-state index in [0.29, 0.717) is 5.82 Å². The first kappa shape index (κ1) is 12.0. The molecule has 1 heterocycles. The quantitative estimate of drug-likeness (QED) is 0.755. The van der Waals surface area contributed by atoms with Crippen LogP contribution in [0.5, 0.6) is 0 Å². The molecule has 16 heavy (non-hydrogen) atoms. The summed E-state index contributed by atoms with van der Waals surface area (Å²) in [6, 6.07) is 7.56. The molecule has 82 valence electrons. The Kier molecular flexibility index (Phi) is 4.26. The van der Waals surface area contributed by atoms with E-state index in [1.54, 1.807) is 17.2 Å². The highest BCUT2D eigenvalue weighted by atomic mass is 15.2. The average molecular weight is 215 g/mol. The molecule has 2 N–H and O–H groups in total. The highest BCUT2D eigenvalue weighted by molar-refractivity contribution is 5.41. The van der Waals surface area contributed by atoms with Gasteiger partial charge in [-0.2, -0.15) is 10.5 Å². The Morgan fingerprint density at radius 2 is 2.00 bits per heavy atom. The molecule has 1 rings (SSSR count). The number of hydrogen-bond donors (Lipinski definition) is 1. The maximum absolute atomic E-state index is 8.62. The second kappa shape index (κ2) is 5.69. The molecule has 0 spiro atoms. The summed E-state index contributed by atoms with van der Waals surface area (Å²) in [6.07, 6.45) is 1.67. The summed E-state index contributed by atoms with van der Waals surface area (Å²) in [5.41, 5.74) is 6.63. The van der Waals surface area contributed by atoms with Crippen molar-refractivity contribution < 1.29 is 0 Å². The van der Waals surface area contributed by atoms with Crippen molar-refractivity contribution in [2.45, 2.75) is 13.0 Å². The molecule has 1 atom stereocenters. The predicted octanol–water partition coefficient (Wildman–Crippen LogP) is 0.955. The van der Waals surface area contributed by atoms with Gasteiger partial charge in [-0.3, -0.25) is 0 Å². The lowest BCUT2D eigenvalue weighted by molar-refractivity contribution is 0.808. The Labute approximate surface area is 94.7 Å².